The van der Waals surface area contributed by atoms with Gasteiger partial charge in [0.1, 0.15) is 0 Å². The van der Waals surface area contributed by atoms with Crippen molar-refractivity contribution in [1.82, 2.24) is 5.32 Å². The van der Waals surface area contributed by atoms with E-state index in [1.54, 1.807) is 0 Å². The molecule has 2 nitrogen and oxygen atoms in total. The molecule has 11 heavy (non-hydrogen) atoms. The number of nitrogens with one attached hydrogen (secondary N) is 1. The normalized spacial score (nSPS) is 27.5. The van der Waals surface area contributed by atoms with E-state index in [0.717, 1.165) is 13.0 Å². The summed E-state index contributed by atoms with van der Waals surface area (Å²) in [6, 6.07) is 0.709. The molecule has 1 unspecified atom stereocenters. The van der Waals surface area contributed by atoms with Crippen molar-refractivity contribution in [2.75, 3.05) is 13.1 Å². The SMILES string of the molecule is NCCC1CCCCCCN1. The molecule has 2 heteroatoms. The number of hydrogen-bond donors (Lipinski definition) is 2. The molecule has 0 aromatic rings. The molecule has 0 spiro atoms. The van der Waals surface area contributed by atoms with Gasteiger partial charge in [-0.05, 0) is 32.4 Å². The van der Waals surface area contributed by atoms with E-state index in [4.69, 9.17) is 5.73 Å². The summed E-state index contributed by atoms with van der Waals surface area (Å²) in [4.78, 5) is 0. The average molecular weight is 156 g/mol. The Balaban J connectivity index is 2.15. The van der Waals surface area contributed by atoms with Crippen molar-refractivity contribution in [3.05, 3.63) is 0 Å². The zero-order chi connectivity index (χ0) is 7.94. The van der Waals surface area contributed by atoms with Gasteiger partial charge < -0.3 is 11.1 Å². The van der Waals surface area contributed by atoms with Crippen molar-refractivity contribution in [1.29, 1.82) is 0 Å². The summed E-state index contributed by atoms with van der Waals surface area (Å²) in [7, 11) is 0. The van der Waals surface area contributed by atoms with Crippen LogP contribution in [0.15, 0.2) is 0 Å². The van der Waals surface area contributed by atoms with Crippen molar-refractivity contribution < 1.29 is 0 Å². The van der Waals surface area contributed by atoms with E-state index in [-0.39, 0.29) is 0 Å². The number of rotatable bonds is 2. The van der Waals surface area contributed by atoms with Gasteiger partial charge in [0.25, 0.3) is 0 Å². The Labute approximate surface area is 69.5 Å². The van der Waals surface area contributed by atoms with Gasteiger partial charge in [0.15, 0.2) is 0 Å². The monoisotopic (exact) mass is 156 g/mol. The van der Waals surface area contributed by atoms with E-state index < -0.39 is 0 Å². The molecular formula is C9H20N2. The van der Waals surface area contributed by atoms with Crippen LogP contribution in [0.2, 0.25) is 0 Å². The highest BCUT2D eigenvalue weighted by atomic mass is 14.9. The molecule has 3 N–H and O–H groups in total. The Morgan fingerprint density at radius 2 is 2.00 bits per heavy atom. The van der Waals surface area contributed by atoms with E-state index >= 15 is 0 Å². The molecular weight excluding hydrogens is 136 g/mol. The van der Waals surface area contributed by atoms with Crippen LogP contribution in [0.25, 0.3) is 0 Å². The fraction of sp³-hybridized carbons (Fsp3) is 1.00. The first-order valence-electron chi connectivity index (χ1n) is 4.87. The minimum absolute atomic E-state index is 0.709. The molecule has 1 aliphatic rings. The lowest BCUT2D eigenvalue weighted by Gasteiger charge is -2.20. The zero-order valence-electron chi connectivity index (χ0n) is 7.31. The standard InChI is InChI=1S/C9H20N2/c10-7-6-9-5-3-1-2-4-8-11-9/h9,11H,1-8,10H2. The van der Waals surface area contributed by atoms with Crippen LogP contribution in [0.4, 0.5) is 0 Å². The van der Waals surface area contributed by atoms with Gasteiger partial charge in [0, 0.05) is 6.04 Å². The summed E-state index contributed by atoms with van der Waals surface area (Å²) in [5.74, 6) is 0. The van der Waals surface area contributed by atoms with Crippen LogP contribution in [0.3, 0.4) is 0 Å². The summed E-state index contributed by atoms with van der Waals surface area (Å²) >= 11 is 0. The van der Waals surface area contributed by atoms with Crippen LogP contribution in [0.1, 0.15) is 38.5 Å². The molecule has 0 aromatic carbocycles. The summed E-state index contributed by atoms with van der Waals surface area (Å²) in [6.07, 6.45) is 8.04. The van der Waals surface area contributed by atoms with Crippen LogP contribution >= 0.6 is 0 Å². The van der Waals surface area contributed by atoms with Crippen molar-refractivity contribution in [3.8, 4) is 0 Å². The molecule has 1 rings (SSSR count). The third-order valence-electron chi connectivity index (χ3n) is 2.43. The van der Waals surface area contributed by atoms with Crippen LogP contribution < -0.4 is 11.1 Å². The van der Waals surface area contributed by atoms with Gasteiger partial charge in [0.05, 0.1) is 0 Å². The molecule has 1 heterocycles. The Morgan fingerprint density at radius 1 is 1.18 bits per heavy atom. The smallest absolute Gasteiger partial charge is 0.00790 e. The molecule has 0 bridgehead atoms. The van der Waals surface area contributed by atoms with Crippen molar-refractivity contribution in [3.63, 3.8) is 0 Å². The summed E-state index contributed by atoms with van der Waals surface area (Å²) < 4.78 is 0. The Morgan fingerprint density at radius 3 is 2.82 bits per heavy atom. The van der Waals surface area contributed by atoms with Crippen molar-refractivity contribution >= 4 is 0 Å². The van der Waals surface area contributed by atoms with Gasteiger partial charge in [-0.2, -0.15) is 0 Å². The highest BCUT2D eigenvalue weighted by molar-refractivity contribution is 4.69. The molecule has 1 atom stereocenters. The summed E-state index contributed by atoms with van der Waals surface area (Å²) in [5, 5.41) is 3.54. The van der Waals surface area contributed by atoms with E-state index in [9.17, 15) is 0 Å². The predicted octanol–water partition coefficient (Wildman–Crippen LogP) is 1.26. The topological polar surface area (TPSA) is 38.0 Å². The molecule has 66 valence electrons. The van der Waals surface area contributed by atoms with Gasteiger partial charge in [-0.3, -0.25) is 0 Å². The minimum atomic E-state index is 0.709. The maximum Gasteiger partial charge on any atom is 0.00790 e. The fourth-order valence-corrected chi connectivity index (χ4v) is 1.73. The largest absolute Gasteiger partial charge is 0.330 e. The van der Waals surface area contributed by atoms with E-state index in [1.807, 2.05) is 0 Å². The predicted molar refractivity (Wildman–Crippen MR) is 48.5 cm³/mol. The summed E-state index contributed by atoms with van der Waals surface area (Å²) in [6.45, 7) is 2.03. The zero-order valence-corrected chi connectivity index (χ0v) is 7.31. The maximum atomic E-state index is 5.51. The number of hydrogen-bond acceptors (Lipinski definition) is 2. The van der Waals surface area contributed by atoms with Crippen LogP contribution in [-0.2, 0) is 0 Å². The quantitative estimate of drug-likeness (QED) is 0.631. The molecule has 1 fully saturated rings. The van der Waals surface area contributed by atoms with Gasteiger partial charge in [0.2, 0.25) is 0 Å². The van der Waals surface area contributed by atoms with E-state index in [1.165, 1.54) is 38.6 Å². The van der Waals surface area contributed by atoms with Crippen LogP contribution in [0, 0.1) is 0 Å². The first kappa shape index (κ1) is 9.01. The fourth-order valence-electron chi connectivity index (χ4n) is 1.73. The second-order valence-corrected chi connectivity index (χ2v) is 3.43. The highest BCUT2D eigenvalue weighted by Crippen LogP contribution is 2.10. The second-order valence-electron chi connectivity index (χ2n) is 3.43. The highest BCUT2D eigenvalue weighted by Gasteiger charge is 2.08. The van der Waals surface area contributed by atoms with E-state index in [0.29, 0.717) is 6.04 Å². The minimum Gasteiger partial charge on any atom is -0.330 e. The Hall–Kier alpha value is -0.0800. The molecule has 1 saturated heterocycles. The van der Waals surface area contributed by atoms with Crippen molar-refractivity contribution in [2.24, 2.45) is 5.73 Å². The first-order chi connectivity index (χ1) is 5.43. The van der Waals surface area contributed by atoms with Gasteiger partial charge >= 0.3 is 0 Å². The molecule has 0 aromatic heterocycles. The van der Waals surface area contributed by atoms with Gasteiger partial charge in [-0.25, -0.2) is 0 Å². The molecule has 1 aliphatic heterocycles. The van der Waals surface area contributed by atoms with Crippen molar-refractivity contribution in [2.45, 2.75) is 44.6 Å². The molecule has 0 aliphatic carbocycles. The lowest BCUT2D eigenvalue weighted by molar-refractivity contribution is 0.402. The van der Waals surface area contributed by atoms with Crippen LogP contribution in [-0.4, -0.2) is 19.1 Å². The third kappa shape index (κ3) is 3.73. The lowest BCUT2D eigenvalue weighted by Crippen LogP contribution is -2.33. The average Bonchev–Trinajstić information content (AvgIpc) is 1.94. The molecule has 0 saturated carbocycles. The Bertz CT molecular complexity index is 85.6. The summed E-state index contributed by atoms with van der Waals surface area (Å²) in [5.41, 5.74) is 5.51. The van der Waals surface area contributed by atoms with Gasteiger partial charge in [-0.15, -0.1) is 0 Å². The third-order valence-corrected chi connectivity index (χ3v) is 2.43. The molecule has 0 amide bonds. The van der Waals surface area contributed by atoms with Gasteiger partial charge in [-0.1, -0.05) is 19.3 Å². The maximum absolute atomic E-state index is 5.51. The second kappa shape index (κ2) is 5.56. The molecule has 0 radical (unpaired) electrons. The number of nitrogens with two attached hydrogens (primary N) is 1. The first-order valence-corrected chi connectivity index (χ1v) is 4.87. The lowest BCUT2D eigenvalue weighted by atomic mass is 10.0. The Kier molecular flexibility index (Phi) is 4.55. The van der Waals surface area contributed by atoms with E-state index in [2.05, 4.69) is 5.32 Å². The van der Waals surface area contributed by atoms with Crippen LogP contribution in [0.5, 0.6) is 0 Å².